The van der Waals surface area contributed by atoms with Gasteiger partial charge >= 0.3 is 0 Å². The number of piperazine rings is 1. The Kier molecular flexibility index (Phi) is 9.16. The van der Waals surface area contributed by atoms with Crippen molar-refractivity contribution in [3.05, 3.63) is 90.0 Å². The lowest BCUT2D eigenvalue weighted by Gasteiger charge is -2.36. The highest BCUT2D eigenvalue weighted by Crippen LogP contribution is 2.26. The molecule has 7 nitrogen and oxygen atoms in total. The van der Waals surface area contributed by atoms with E-state index in [-0.39, 0.29) is 25.9 Å². The molecule has 2 amide bonds. The molecule has 3 aromatic rings. The van der Waals surface area contributed by atoms with Crippen LogP contribution in [0.4, 0.5) is 0 Å². The minimum absolute atomic E-state index is 0. The second-order valence-electron chi connectivity index (χ2n) is 9.39. The van der Waals surface area contributed by atoms with Gasteiger partial charge in [-0.3, -0.25) is 9.59 Å². The number of benzene rings is 3. The molecule has 0 aliphatic carbocycles. The van der Waals surface area contributed by atoms with Crippen molar-refractivity contribution in [2.45, 2.75) is 25.3 Å². The first-order valence-electron chi connectivity index (χ1n) is 12.7. The number of hydrogen-bond donors (Lipinski definition) is 1. The predicted octanol–water partition coefficient (Wildman–Crippen LogP) is 4.17. The van der Waals surface area contributed by atoms with E-state index < -0.39 is 0 Å². The van der Waals surface area contributed by atoms with Gasteiger partial charge in [0.1, 0.15) is 17.2 Å². The van der Waals surface area contributed by atoms with E-state index in [0.29, 0.717) is 25.1 Å². The highest BCUT2D eigenvalue weighted by Gasteiger charge is 2.26. The van der Waals surface area contributed by atoms with E-state index in [2.05, 4.69) is 5.32 Å². The number of nitrogens with one attached hydrogen (secondary N) is 1. The minimum Gasteiger partial charge on any atom is -0.484 e. The Labute approximate surface area is 220 Å². The van der Waals surface area contributed by atoms with Crippen molar-refractivity contribution >= 4 is 11.8 Å². The van der Waals surface area contributed by atoms with Crippen LogP contribution in [0.15, 0.2) is 78.9 Å². The monoisotopic (exact) mass is 503 g/mol. The Balaban J connectivity index is 0.00000400. The number of carbonyl (C=O) groups excluding carboxylic acids is 2. The Hall–Kier alpha value is -3.84. The van der Waals surface area contributed by atoms with Crippen molar-refractivity contribution in [1.29, 1.82) is 0 Å². The van der Waals surface area contributed by atoms with Crippen LogP contribution >= 0.6 is 0 Å². The summed E-state index contributed by atoms with van der Waals surface area (Å²) in [5, 5.41) is 3.42. The smallest absolute Gasteiger partial charge is 0.259 e. The van der Waals surface area contributed by atoms with E-state index in [1.165, 1.54) is 4.90 Å². The molecule has 196 valence electrons. The SMILES string of the molecule is CN(C)C(=O)COc1ccc(C[C@@H]2CNCCN2C(=O)CCc2ccccc2Oc2ccccc2)cc1.[HH]. The fourth-order valence-corrected chi connectivity index (χ4v) is 4.35. The van der Waals surface area contributed by atoms with Crippen molar-refractivity contribution in [2.75, 3.05) is 40.3 Å². The van der Waals surface area contributed by atoms with Crippen LogP contribution in [-0.4, -0.2) is 68.0 Å². The number of nitrogens with zero attached hydrogens (tertiary/aromatic N) is 2. The van der Waals surface area contributed by atoms with Crippen LogP contribution in [0.25, 0.3) is 0 Å². The molecule has 7 heteroatoms. The lowest BCUT2D eigenvalue weighted by molar-refractivity contribution is -0.134. The molecular formula is C30H37N3O4. The number of para-hydroxylation sites is 2. The topological polar surface area (TPSA) is 71.1 Å². The van der Waals surface area contributed by atoms with Gasteiger partial charge in [0.05, 0.1) is 0 Å². The minimum atomic E-state index is -0.0826. The summed E-state index contributed by atoms with van der Waals surface area (Å²) >= 11 is 0. The zero-order valence-electron chi connectivity index (χ0n) is 21.6. The molecule has 0 bridgehead atoms. The summed E-state index contributed by atoms with van der Waals surface area (Å²) < 4.78 is 11.6. The highest BCUT2D eigenvalue weighted by molar-refractivity contribution is 5.77. The Morgan fingerprint density at radius 1 is 0.973 bits per heavy atom. The van der Waals surface area contributed by atoms with Crippen LogP contribution in [-0.2, 0) is 22.4 Å². The van der Waals surface area contributed by atoms with Gasteiger partial charge in [0.25, 0.3) is 5.91 Å². The molecule has 1 fully saturated rings. The first-order valence-corrected chi connectivity index (χ1v) is 12.7. The van der Waals surface area contributed by atoms with Crippen molar-refractivity contribution in [1.82, 2.24) is 15.1 Å². The van der Waals surface area contributed by atoms with Crippen LogP contribution in [0.1, 0.15) is 19.0 Å². The second-order valence-corrected chi connectivity index (χ2v) is 9.39. The van der Waals surface area contributed by atoms with Crippen molar-refractivity contribution in [3.8, 4) is 17.2 Å². The van der Waals surface area contributed by atoms with Gasteiger partial charge in [0.15, 0.2) is 6.61 Å². The van der Waals surface area contributed by atoms with Crippen LogP contribution in [0.2, 0.25) is 0 Å². The van der Waals surface area contributed by atoms with Crippen molar-refractivity contribution in [2.24, 2.45) is 0 Å². The lowest BCUT2D eigenvalue weighted by Crippen LogP contribution is -2.54. The molecule has 0 aromatic heterocycles. The summed E-state index contributed by atoms with van der Waals surface area (Å²) in [4.78, 5) is 28.6. The molecular weight excluding hydrogens is 466 g/mol. The molecule has 0 radical (unpaired) electrons. The van der Waals surface area contributed by atoms with Crippen molar-refractivity contribution < 1.29 is 20.5 Å². The standard InChI is InChI=1S/C30H35N3O4.H2/c1-32(2)30(35)22-36-26-15-12-23(13-16-26)20-25-21-31-18-19-33(25)29(34)17-14-24-8-6-7-11-28(24)37-27-9-4-3-5-10-27;/h3-13,15-16,25,31H,14,17-22H2,1-2H3;1H/t25-;/m1./s1. The first kappa shape index (κ1) is 26.2. The van der Waals surface area contributed by atoms with Crippen LogP contribution in [0.5, 0.6) is 17.2 Å². The van der Waals surface area contributed by atoms with E-state index in [1.807, 2.05) is 83.8 Å². The van der Waals surface area contributed by atoms with Crippen LogP contribution in [0, 0.1) is 0 Å². The summed E-state index contributed by atoms with van der Waals surface area (Å²) in [6.07, 6.45) is 1.80. The van der Waals surface area contributed by atoms with Gasteiger partial charge in [-0.25, -0.2) is 0 Å². The lowest BCUT2D eigenvalue weighted by atomic mass is 10.0. The molecule has 0 unspecified atom stereocenters. The van der Waals surface area contributed by atoms with Gasteiger partial charge in [-0.15, -0.1) is 0 Å². The zero-order chi connectivity index (χ0) is 26.0. The number of carbonyl (C=O) groups is 2. The summed E-state index contributed by atoms with van der Waals surface area (Å²) in [6, 6.07) is 25.4. The maximum Gasteiger partial charge on any atom is 0.259 e. The second kappa shape index (κ2) is 12.9. The molecule has 0 saturated carbocycles. The van der Waals surface area contributed by atoms with Gasteiger partial charge in [-0.2, -0.15) is 0 Å². The normalized spacial score (nSPS) is 15.2. The molecule has 1 aliphatic rings. The average molecular weight is 504 g/mol. The first-order chi connectivity index (χ1) is 18.0. The number of aryl methyl sites for hydroxylation is 1. The summed E-state index contributed by atoms with van der Waals surface area (Å²) in [5.41, 5.74) is 2.15. The molecule has 0 spiro atoms. The average Bonchev–Trinajstić information content (AvgIpc) is 2.92. The number of amides is 2. The molecule has 3 aromatic carbocycles. The van der Waals surface area contributed by atoms with Gasteiger partial charge < -0.3 is 24.6 Å². The van der Waals surface area contributed by atoms with Crippen LogP contribution in [0.3, 0.4) is 0 Å². The highest BCUT2D eigenvalue weighted by atomic mass is 16.5. The van der Waals surface area contributed by atoms with Gasteiger partial charge in [0, 0.05) is 47.6 Å². The Bertz CT molecular complexity index is 1170. The Morgan fingerprint density at radius 3 is 2.46 bits per heavy atom. The largest absolute Gasteiger partial charge is 0.484 e. The van der Waals surface area contributed by atoms with E-state index in [4.69, 9.17) is 9.47 Å². The third-order valence-corrected chi connectivity index (χ3v) is 6.48. The van der Waals surface area contributed by atoms with Gasteiger partial charge in [-0.05, 0) is 54.3 Å². The summed E-state index contributed by atoms with van der Waals surface area (Å²) in [6.45, 7) is 2.26. The number of likely N-dealkylation sites (N-methyl/N-ethyl adjacent to an activating group) is 1. The fourth-order valence-electron chi connectivity index (χ4n) is 4.35. The molecule has 4 rings (SSSR count). The Morgan fingerprint density at radius 2 is 1.70 bits per heavy atom. The fraction of sp³-hybridized carbons (Fsp3) is 0.333. The van der Waals surface area contributed by atoms with Crippen molar-refractivity contribution in [3.63, 3.8) is 0 Å². The zero-order valence-corrected chi connectivity index (χ0v) is 21.6. The third kappa shape index (κ3) is 7.57. The molecule has 1 saturated heterocycles. The molecule has 1 N–H and O–H groups in total. The predicted molar refractivity (Wildman–Crippen MR) is 146 cm³/mol. The van der Waals surface area contributed by atoms with Crippen LogP contribution < -0.4 is 14.8 Å². The maximum atomic E-state index is 13.3. The number of ether oxygens (including phenoxy) is 2. The van der Waals surface area contributed by atoms with Gasteiger partial charge in [0.2, 0.25) is 5.91 Å². The molecule has 1 atom stereocenters. The summed E-state index contributed by atoms with van der Waals surface area (Å²) in [7, 11) is 3.41. The summed E-state index contributed by atoms with van der Waals surface area (Å²) in [5.74, 6) is 2.30. The van der Waals surface area contributed by atoms with E-state index in [9.17, 15) is 9.59 Å². The van der Waals surface area contributed by atoms with E-state index in [0.717, 1.165) is 42.1 Å². The number of hydrogen-bond acceptors (Lipinski definition) is 5. The molecule has 1 aliphatic heterocycles. The third-order valence-electron chi connectivity index (χ3n) is 6.48. The van der Waals surface area contributed by atoms with E-state index in [1.54, 1.807) is 14.1 Å². The van der Waals surface area contributed by atoms with E-state index >= 15 is 0 Å². The maximum absolute atomic E-state index is 13.3. The molecule has 37 heavy (non-hydrogen) atoms. The van der Waals surface area contributed by atoms with Gasteiger partial charge in [-0.1, -0.05) is 48.5 Å². The number of rotatable bonds is 10. The molecule has 1 heterocycles. The quantitative estimate of drug-likeness (QED) is 0.450.